The molecule has 0 unspecified atom stereocenters. The zero-order valence-corrected chi connectivity index (χ0v) is 20.3. The molecular weight excluding hydrogens is 475 g/mol. The molecule has 2 aromatic carbocycles. The van der Waals surface area contributed by atoms with Crippen LogP contribution in [0, 0.1) is 0 Å². The lowest BCUT2D eigenvalue weighted by atomic mass is 9.73. The molecule has 0 saturated heterocycles. The van der Waals surface area contributed by atoms with E-state index in [0.29, 0.717) is 69.9 Å². The van der Waals surface area contributed by atoms with Gasteiger partial charge in [0.2, 0.25) is 0 Å². The van der Waals surface area contributed by atoms with Crippen LogP contribution in [0.15, 0.2) is 59.1 Å². The smallest absolute Gasteiger partial charge is 0.180 e. The van der Waals surface area contributed by atoms with Crippen molar-refractivity contribution in [3.05, 3.63) is 80.2 Å². The highest BCUT2D eigenvalue weighted by Crippen LogP contribution is 2.50. The fraction of sp³-hybridized carbons (Fsp3) is 0.333. The van der Waals surface area contributed by atoms with Crippen molar-refractivity contribution in [1.82, 2.24) is 0 Å². The summed E-state index contributed by atoms with van der Waals surface area (Å²) in [6.45, 7) is 0.216. The van der Waals surface area contributed by atoms with E-state index in [1.165, 1.54) is 7.11 Å². The lowest BCUT2D eigenvalue weighted by Crippen LogP contribution is -2.30. The van der Waals surface area contributed by atoms with Gasteiger partial charge in [-0.1, -0.05) is 41.4 Å². The number of benzene rings is 2. The van der Waals surface area contributed by atoms with Crippen LogP contribution < -0.4 is 9.47 Å². The SMILES string of the molecule is COc1cc(C2C3=C(CCCC3=O)OC3=C2C(=O)CCC3)cc(Cl)c1OCc1ccccc1Cl. The molecule has 1 aliphatic heterocycles. The van der Waals surface area contributed by atoms with E-state index in [1.807, 2.05) is 24.3 Å². The summed E-state index contributed by atoms with van der Waals surface area (Å²) in [4.78, 5) is 26.0. The minimum Gasteiger partial charge on any atom is -0.493 e. The molecule has 176 valence electrons. The molecule has 0 atom stereocenters. The Labute approximate surface area is 208 Å². The molecule has 0 aromatic heterocycles. The molecule has 0 N–H and O–H groups in total. The number of allylic oxidation sites excluding steroid dienone is 4. The van der Waals surface area contributed by atoms with Gasteiger partial charge in [0.05, 0.1) is 12.1 Å². The Morgan fingerprint density at radius 1 is 0.912 bits per heavy atom. The van der Waals surface area contributed by atoms with E-state index in [1.54, 1.807) is 12.1 Å². The molecule has 0 fully saturated rings. The van der Waals surface area contributed by atoms with Crippen molar-refractivity contribution >= 4 is 34.8 Å². The minimum atomic E-state index is -0.511. The maximum absolute atomic E-state index is 13.0. The number of carbonyl (C=O) groups excluding carboxylic acids is 2. The molecule has 2 aromatic rings. The molecule has 0 spiro atoms. The Balaban J connectivity index is 1.57. The van der Waals surface area contributed by atoms with Crippen molar-refractivity contribution in [1.29, 1.82) is 0 Å². The number of Topliss-reactive ketones (excluding diaryl/α,β-unsaturated/α-hetero) is 2. The summed E-state index contributed by atoms with van der Waals surface area (Å²) >= 11 is 12.9. The zero-order valence-electron chi connectivity index (χ0n) is 18.8. The highest BCUT2D eigenvalue weighted by molar-refractivity contribution is 6.32. The van der Waals surface area contributed by atoms with Gasteiger partial charge in [-0.2, -0.15) is 0 Å². The van der Waals surface area contributed by atoms with Gasteiger partial charge in [-0.15, -0.1) is 0 Å². The third kappa shape index (κ3) is 4.12. The van der Waals surface area contributed by atoms with Gasteiger partial charge in [0.15, 0.2) is 23.1 Å². The van der Waals surface area contributed by atoms with Crippen LogP contribution in [0.2, 0.25) is 10.0 Å². The largest absolute Gasteiger partial charge is 0.493 e. The second-order valence-electron chi connectivity index (χ2n) is 8.68. The fourth-order valence-corrected chi connectivity index (χ4v) is 5.43. The number of methoxy groups -OCH3 is 1. The molecule has 0 radical (unpaired) electrons. The summed E-state index contributed by atoms with van der Waals surface area (Å²) < 4.78 is 17.7. The third-order valence-corrected chi connectivity index (χ3v) is 7.21. The number of carbonyl (C=O) groups is 2. The Morgan fingerprint density at radius 2 is 1.56 bits per heavy atom. The van der Waals surface area contributed by atoms with Crippen LogP contribution in [0.4, 0.5) is 0 Å². The molecule has 34 heavy (non-hydrogen) atoms. The molecule has 1 heterocycles. The normalized spacial score (nSPS) is 18.4. The maximum atomic E-state index is 13.0. The second-order valence-corrected chi connectivity index (χ2v) is 9.49. The number of halogens is 2. The molecule has 5 nitrogen and oxygen atoms in total. The Hall–Kier alpha value is -2.76. The predicted molar refractivity (Wildman–Crippen MR) is 129 cm³/mol. The highest BCUT2D eigenvalue weighted by atomic mass is 35.5. The van der Waals surface area contributed by atoms with Gasteiger partial charge in [-0.25, -0.2) is 0 Å². The first-order valence-corrected chi connectivity index (χ1v) is 12.2. The van der Waals surface area contributed by atoms with Gasteiger partial charge in [-0.3, -0.25) is 9.59 Å². The average Bonchev–Trinajstić information content (AvgIpc) is 2.83. The van der Waals surface area contributed by atoms with Gasteiger partial charge in [-0.05, 0) is 36.6 Å². The lowest BCUT2D eigenvalue weighted by molar-refractivity contribution is -0.117. The first-order valence-electron chi connectivity index (χ1n) is 11.4. The molecule has 5 rings (SSSR count). The first kappa shape index (κ1) is 23.0. The van der Waals surface area contributed by atoms with E-state index in [4.69, 9.17) is 37.4 Å². The standard InChI is InChI=1S/C27H24Cl2O5/c1-32-23-13-16(12-18(29)27(23)33-14-15-6-2-3-7-17(15)28)24-25-19(30)8-4-10-21(25)34-22-11-5-9-20(31)26(22)24/h2-3,6-7,12-13,24H,4-5,8-11,14H2,1H3. The summed E-state index contributed by atoms with van der Waals surface area (Å²) in [6, 6.07) is 11.0. The molecule has 0 saturated carbocycles. The van der Waals surface area contributed by atoms with Crippen molar-refractivity contribution in [3.63, 3.8) is 0 Å². The van der Waals surface area contributed by atoms with Crippen LogP contribution in [-0.2, 0) is 20.9 Å². The van der Waals surface area contributed by atoms with Crippen molar-refractivity contribution in [3.8, 4) is 11.5 Å². The predicted octanol–water partition coefficient (Wildman–Crippen LogP) is 6.71. The molecule has 7 heteroatoms. The molecule has 0 bridgehead atoms. The molecule has 3 aliphatic rings. The molecule has 0 amide bonds. The Kier molecular flexibility index (Phi) is 6.41. The maximum Gasteiger partial charge on any atom is 0.180 e. The van der Waals surface area contributed by atoms with Gasteiger partial charge < -0.3 is 14.2 Å². The van der Waals surface area contributed by atoms with Crippen LogP contribution in [0.3, 0.4) is 0 Å². The van der Waals surface area contributed by atoms with E-state index in [0.717, 1.165) is 24.0 Å². The van der Waals surface area contributed by atoms with E-state index >= 15 is 0 Å². The average molecular weight is 499 g/mol. The highest BCUT2D eigenvalue weighted by Gasteiger charge is 2.42. The van der Waals surface area contributed by atoms with Crippen molar-refractivity contribution in [2.24, 2.45) is 0 Å². The number of ketones is 2. The summed E-state index contributed by atoms with van der Waals surface area (Å²) in [5.41, 5.74) is 2.69. The van der Waals surface area contributed by atoms with Crippen molar-refractivity contribution < 1.29 is 23.8 Å². The fourth-order valence-electron chi connectivity index (χ4n) is 4.96. The van der Waals surface area contributed by atoms with Crippen LogP contribution in [-0.4, -0.2) is 18.7 Å². The van der Waals surface area contributed by atoms with Gasteiger partial charge in [0, 0.05) is 53.3 Å². The first-order chi connectivity index (χ1) is 16.5. The number of hydrogen-bond acceptors (Lipinski definition) is 5. The van der Waals surface area contributed by atoms with Gasteiger partial charge in [0.1, 0.15) is 18.1 Å². The molecular formula is C27H24Cl2O5. The second kappa shape index (κ2) is 9.47. The minimum absolute atomic E-state index is 0.0188. The van der Waals surface area contributed by atoms with Crippen LogP contribution in [0.1, 0.15) is 55.6 Å². The van der Waals surface area contributed by atoms with E-state index < -0.39 is 5.92 Å². The summed E-state index contributed by atoms with van der Waals surface area (Å²) in [5, 5.41) is 0.936. The topological polar surface area (TPSA) is 61.8 Å². The van der Waals surface area contributed by atoms with Crippen LogP contribution in [0.5, 0.6) is 11.5 Å². The Morgan fingerprint density at radius 3 is 2.18 bits per heavy atom. The molecule has 2 aliphatic carbocycles. The Bertz CT molecular complexity index is 1200. The van der Waals surface area contributed by atoms with E-state index in [-0.39, 0.29) is 18.2 Å². The van der Waals surface area contributed by atoms with Crippen molar-refractivity contribution in [2.75, 3.05) is 7.11 Å². The number of ether oxygens (including phenoxy) is 3. The van der Waals surface area contributed by atoms with Crippen molar-refractivity contribution in [2.45, 2.75) is 51.0 Å². The van der Waals surface area contributed by atoms with Gasteiger partial charge in [0.25, 0.3) is 0 Å². The summed E-state index contributed by atoms with van der Waals surface area (Å²) in [5.74, 6) is 1.71. The lowest BCUT2D eigenvalue weighted by Gasteiger charge is -2.36. The van der Waals surface area contributed by atoms with Crippen LogP contribution >= 0.6 is 23.2 Å². The number of hydrogen-bond donors (Lipinski definition) is 0. The third-order valence-electron chi connectivity index (χ3n) is 6.56. The summed E-state index contributed by atoms with van der Waals surface area (Å²) in [6.07, 6.45) is 3.76. The van der Waals surface area contributed by atoms with Gasteiger partial charge >= 0.3 is 0 Å². The summed E-state index contributed by atoms with van der Waals surface area (Å²) in [7, 11) is 1.54. The quantitative estimate of drug-likeness (QED) is 0.458. The zero-order chi connectivity index (χ0) is 23.8. The van der Waals surface area contributed by atoms with E-state index in [2.05, 4.69) is 0 Å². The monoisotopic (exact) mass is 498 g/mol. The van der Waals surface area contributed by atoms with Crippen LogP contribution in [0.25, 0.3) is 0 Å². The number of rotatable bonds is 5. The van der Waals surface area contributed by atoms with E-state index in [9.17, 15) is 9.59 Å².